The van der Waals surface area contributed by atoms with Crippen LogP contribution in [0.15, 0.2) is 24.3 Å². The van der Waals surface area contributed by atoms with E-state index in [2.05, 4.69) is 6.58 Å². The molecule has 3 heteroatoms. The number of ketones is 1. The van der Waals surface area contributed by atoms with Gasteiger partial charge in [-0.15, -0.1) is 0 Å². The predicted octanol–water partition coefficient (Wildman–Crippen LogP) is 2.91. The summed E-state index contributed by atoms with van der Waals surface area (Å²) in [6, 6.07) is 0. The van der Waals surface area contributed by atoms with Crippen LogP contribution in [-0.2, 0) is 14.3 Å². The van der Waals surface area contributed by atoms with Crippen molar-refractivity contribution < 1.29 is 14.3 Å². The average molecular weight is 262 g/mol. The van der Waals surface area contributed by atoms with Gasteiger partial charge < -0.3 is 4.74 Å². The van der Waals surface area contributed by atoms with E-state index in [0.29, 0.717) is 18.4 Å². The highest BCUT2D eigenvalue weighted by Crippen LogP contribution is 2.44. The number of carbonyl (C=O) groups excluding carboxylic acids is 2. The molecule has 0 aromatic rings. The first-order valence-electron chi connectivity index (χ1n) is 7.08. The summed E-state index contributed by atoms with van der Waals surface area (Å²) in [4.78, 5) is 24.1. The quantitative estimate of drug-likeness (QED) is 0.446. The maximum atomic E-state index is 12.0. The SMILES string of the molecule is C=C(C)[C@@H]1CC[C@@H]2C=CC(=O)[C@H](C(=O)OCC)C2C1. The van der Waals surface area contributed by atoms with Crippen molar-refractivity contribution in [2.45, 2.75) is 33.1 Å². The van der Waals surface area contributed by atoms with E-state index in [1.807, 2.05) is 13.0 Å². The van der Waals surface area contributed by atoms with E-state index in [1.54, 1.807) is 13.0 Å². The fourth-order valence-electron chi connectivity index (χ4n) is 3.35. The minimum Gasteiger partial charge on any atom is -0.465 e. The van der Waals surface area contributed by atoms with Gasteiger partial charge >= 0.3 is 5.97 Å². The van der Waals surface area contributed by atoms with E-state index in [1.165, 1.54) is 0 Å². The molecule has 0 N–H and O–H groups in total. The molecule has 4 atom stereocenters. The molecule has 0 saturated heterocycles. The maximum Gasteiger partial charge on any atom is 0.317 e. The number of fused-ring (bicyclic) bond motifs is 1. The number of allylic oxidation sites excluding steroid dienone is 3. The van der Waals surface area contributed by atoms with E-state index in [4.69, 9.17) is 4.74 Å². The number of carbonyl (C=O) groups is 2. The summed E-state index contributed by atoms with van der Waals surface area (Å²) in [5.74, 6) is -0.194. The van der Waals surface area contributed by atoms with E-state index < -0.39 is 5.92 Å². The number of hydrogen-bond donors (Lipinski definition) is 0. The zero-order chi connectivity index (χ0) is 14.0. The second-order valence-electron chi connectivity index (χ2n) is 5.68. The minimum atomic E-state index is -0.600. The lowest BCUT2D eigenvalue weighted by Crippen LogP contribution is -2.41. The molecule has 2 aliphatic carbocycles. The van der Waals surface area contributed by atoms with Crippen molar-refractivity contribution in [1.29, 1.82) is 0 Å². The van der Waals surface area contributed by atoms with Crippen molar-refractivity contribution in [2.24, 2.45) is 23.7 Å². The largest absolute Gasteiger partial charge is 0.465 e. The first-order chi connectivity index (χ1) is 9.04. The molecular weight excluding hydrogens is 240 g/mol. The summed E-state index contributed by atoms with van der Waals surface area (Å²) < 4.78 is 5.08. The molecule has 0 amide bonds. The lowest BCUT2D eigenvalue weighted by atomic mass is 9.64. The van der Waals surface area contributed by atoms with Gasteiger partial charge in [-0.1, -0.05) is 18.2 Å². The van der Waals surface area contributed by atoms with Gasteiger partial charge in [-0.25, -0.2) is 0 Å². The highest BCUT2D eigenvalue weighted by molar-refractivity contribution is 6.06. The van der Waals surface area contributed by atoms with Gasteiger partial charge in [-0.3, -0.25) is 9.59 Å². The summed E-state index contributed by atoms with van der Waals surface area (Å²) in [5.41, 5.74) is 1.16. The molecule has 2 rings (SSSR count). The van der Waals surface area contributed by atoms with Crippen LogP contribution in [-0.4, -0.2) is 18.4 Å². The minimum absolute atomic E-state index is 0.0898. The van der Waals surface area contributed by atoms with E-state index in [-0.39, 0.29) is 17.7 Å². The molecule has 0 aromatic carbocycles. The molecule has 0 aromatic heterocycles. The maximum absolute atomic E-state index is 12.0. The van der Waals surface area contributed by atoms with Crippen molar-refractivity contribution in [2.75, 3.05) is 6.61 Å². The van der Waals surface area contributed by atoms with Crippen LogP contribution in [0.4, 0.5) is 0 Å². The van der Waals surface area contributed by atoms with Gasteiger partial charge in [-0.05, 0) is 56.9 Å². The third-order valence-corrected chi connectivity index (χ3v) is 4.43. The van der Waals surface area contributed by atoms with Crippen LogP contribution in [0, 0.1) is 23.7 Å². The summed E-state index contributed by atoms with van der Waals surface area (Å²) in [7, 11) is 0. The molecule has 19 heavy (non-hydrogen) atoms. The zero-order valence-electron chi connectivity index (χ0n) is 11.7. The van der Waals surface area contributed by atoms with Crippen LogP contribution in [0.3, 0.4) is 0 Å². The highest BCUT2D eigenvalue weighted by Gasteiger charge is 2.44. The van der Waals surface area contributed by atoms with Crippen LogP contribution >= 0.6 is 0 Å². The summed E-state index contributed by atoms with van der Waals surface area (Å²) in [6.45, 7) is 8.16. The van der Waals surface area contributed by atoms with Gasteiger partial charge in [0.25, 0.3) is 0 Å². The first-order valence-corrected chi connectivity index (χ1v) is 7.08. The summed E-state index contributed by atoms with van der Waals surface area (Å²) in [6.07, 6.45) is 6.56. The third-order valence-electron chi connectivity index (χ3n) is 4.43. The number of rotatable bonds is 3. The Morgan fingerprint density at radius 1 is 1.47 bits per heavy atom. The Hall–Kier alpha value is -1.38. The molecular formula is C16H22O3. The standard InChI is InChI=1S/C16H22O3/c1-4-19-16(18)15-13-9-12(10(2)3)6-5-11(13)7-8-14(15)17/h7-8,11-13,15H,2,4-6,9H2,1,3H3/t11-,12-,13?,15-/m1/s1. The monoisotopic (exact) mass is 262 g/mol. The van der Waals surface area contributed by atoms with Crippen LogP contribution in [0.2, 0.25) is 0 Å². The van der Waals surface area contributed by atoms with Crippen molar-refractivity contribution in [3.63, 3.8) is 0 Å². The van der Waals surface area contributed by atoms with Gasteiger partial charge in [0, 0.05) is 0 Å². The normalized spacial score (nSPS) is 33.7. The van der Waals surface area contributed by atoms with E-state index in [0.717, 1.165) is 24.8 Å². The van der Waals surface area contributed by atoms with Crippen LogP contribution in [0.1, 0.15) is 33.1 Å². The fraction of sp³-hybridized carbons (Fsp3) is 0.625. The molecule has 3 nitrogen and oxygen atoms in total. The average Bonchev–Trinajstić information content (AvgIpc) is 2.37. The van der Waals surface area contributed by atoms with Crippen molar-refractivity contribution in [3.05, 3.63) is 24.3 Å². The van der Waals surface area contributed by atoms with Gasteiger partial charge in [0.1, 0.15) is 5.92 Å². The number of esters is 1. The molecule has 1 unspecified atom stereocenters. The molecule has 0 bridgehead atoms. The molecule has 0 radical (unpaired) electrons. The Morgan fingerprint density at radius 3 is 2.84 bits per heavy atom. The fourth-order valence-corrected chi connectivity index (χ4v) is 3.35. The zero-order valence-corrected chi connectivity index (χ0v) is 11.7. The Morgan fingerprint density at radius 2 is 2.21 bits per heavy atom. The molecule has 104 valence electrons. The molecule has 1 fully saturated rings. The van der Waals surface area contributed by atoms with Gasteiger partial charge in [0.2, 0.25) is 0 Å². The van der Waals surface area contributed by atoms with Gasteiger partial charge in [-0.2, -0.15) is 0 Å². The molecule has 0 aliphatic heterocycles. The van der Waals surface area contributed by atoms with Crippen molar-refractivity contribution >= 4 is 11.8 Å². The van der Waals surface area contributed by atoms with E-state index in [9.17, 15) is 9.59 Å². The number of ether oxygens (including phenoxy) is 1. The first kappa shape index (κ1) is 14.0. The number of hydrogen-bond acceptors (Lipinski definition) is 3. The topological polar surface area (TPSA) is 43.4 Å². The molecule has 0 heterocycles. The van der Waals surface area contributed by atoms with Crippen LogP contribution < -0.4 is 0 Å². The molecule has 1 saturated carbocycles. The summed E-state index contributed by atoms with van der Waals surface area (Å²) in [5, 5.41) is 0. The lowest BCUT2D eigenvalue weighted by molar-refractivity contribution is -0.154. The Balaban J connectivity index is 2.21. The van der Waals surface area contributed by atoms with Crippen molar-refractivity contribution in [3.8, 4) is 0 Å². The van der Waals surface area contributed by atoms with Gasteiger partial charge in [0.05, 0.1) is 6.61 Å². The summed E-state index contributed by atoms with van der Waals surface area (Å²) >= 11 is 0. The third kappa shape index (κ3) is 2.80. The van der Waals surface area contributed by atoms with Crippen LogP contribution in [0.5, 0.6) is 0 Å². The Kier molecular flexibility index (Phi) is 4.23. The second kappa shape index (κ2) is 5.72. The highest BCUT2D eigenvalue weighted by atomic mass is 16.5. The Labute approximate surface area is 114 Å². The van der Waals surface area contributed by atoms with Crippen molar-refractivity contribution in [1.82, 2.24) is 0 Å². The second-order valence-corrected chi connectivity index (χ2v) is 5.68. The smallest absolute Gasteiger partial charge is 0.317 e. The van der Waals surface area contributed by atoms with E-state index >= 15 is 0 Å². The Bertz CT molecular complexity index is 422. The van der Waals surface area contributed by atoms with Gasteiger partial charge in [0.15, 0.2) is 5.78 Å². The molecule has 2 aliphatic rings. The predicted molar refractivity (Wildman–Crippen MR) is 73.4 cm³/mol. The van der Waals surface area contributed by atoms with Crippen LogP contribution in [0.25, 0.3) is 0 Å². The molecule has 0 spiro atoms. The lowest BCUT2D eigenvalue weighted by Gasteiger charge is -2.39.